The fraction of sp³-hybridized carbons (Fsp3) is 0.447. The zero-order valence-electron chi connectivity index (χ0n) is 29.0. The number of carbonyl (C=O) groups excluding carboxylic acids is 5. The summed E-state index contributed by atoms with van der Waals surface area (Å²) in [4.78, 5) is 70.3. The van der Waals surface area contributed by atoms with Crippen molar-refractivity contribution >= 4 is 41.0 Å². The largest absolute Gasteiger partial charge is 0.474 e. The highest BCUT2D eigenvalue weighted by Crippen LogP contribution is 2.47. The van der Waals surface area contributed by atoms with E-state index in [1.165, 1.54) is 0 Å². The predicted octanol–water partition coefficient (Wildman–Crippen LogP) is 4.84. The first-order chi connectivity index (χ1) is 23.1. The number of likely N-dealkylation sites (tertiary alicyclic amines) is 1. The Morgan fingerprint density at radius 2 is 1.76 bits per heavy atom. The second-order valence-electron chi connectivity index (χ2n) is 14.0. The van der Waals surface area contributed by atoms with E-state index in [9.17, 15) is 24.0 Å². The first kappa shape index (κ1) is 36.0. The number of benzene rings is 2. The standard InChI is InChI=1S/C38H44ClN3O7/c1-8-38(49-28-16-15-22(3)19-23(28)4)35(47)41-37(38)18-17-26(39)27(21-37)40-32(44)29(31(43)36(5,6)7)42-33(45)25(30(34(42)46)48-9-2)20-24-13-11-10-12-14-24/h10-19,25,29-30H,8-9,20-21H2,1-7H3,(H,40,44)(H,41,47). The van der Waals surface area contributed by atoms with Crippen molar-refractivity contribution in [1.82, 2.24) is 15.5 Å². The van der Waals surface area contributed by atoms with Gasteiger partial charge >= 0.3 is 0 Å². The van der Waals surface area contributed by atoms with E-state index in [1.54, 1.807) is 39.8 Å². The molecule has 10 nitrogen and oxygen atoms in total. The molecule has 5 rings (SSSR count). The van der Waals surface area contributed by atoms with Crippen LogP contribution in [0.5, 0.6) is 5.75 Å². The third kappa shape index (κ3) is 6.44. The summed E-state index contributed by atoms with van der Waals surface area (Å²) in [5.41, 5.74) is -0.576. The molecule has 0 radical (unpaired) electrons. The van der Waals surface area contributed by atoms with Gasteiger partial charge in [0.25, 0.3) is 17.7 Å². The molecule has 3 aliphatic rings. The van der Waals surface area contributed by atoms with Crippen molar-refractivity contribution in [2.24, 2.45) is 11.3 Å². The van der Waals surface area contributed by atoms with E-state index in [1.807, 2.05) is 69.3 Å². The van der Waals surface area contributed by atoms with Crippen LogP contribution in [0, 0.1) is 25.2 Å². The molecule has 2 aromatic carbocycles. The van der Waals surface area contributed by atoms with E-state index >= 15 is 0 Å². The van der Waals surface area contributed by atoms with Crippen LogP contribution in [0.15, 0.2) is 71.4 Å². The number of ether oxygens (including phenoxy) is 2. The Morgan fingerprint density at radius 3 is 2.35 bits per heavy atom. The van der Waals surface area contributed by atoms with Crippen LogP contribution < -0.4 is 15.4 Å². The third-order valence-corrected chi connectivity index (χ3v) is 9.96. The maximum atomic E-state index is 14.3. The molecule has 0 saturated carbocycles. The molecule has 2 aromatic rings. The number of β-lactam (4-membered cyclic amide) rings is 1. The molecule has 5 unspecified atom stereocenters. The monoisotopic (exact) mass is 689 g/mol. The van der Waals surface area contributed by atoms with Gasteiger partial charge in [0, 0.05) is 24.1 Å². The van der Waals surface area contributed by atoms with Crippen LogP contribution in [0.1, 0.15) is 64.2 Å². The normalized spacial score (nSPS) is 25.7. The van der Waals surface area contributed by atoms with Crippen LogP contribution >= 0.6 is 11.6 Å². The SMILES string of the molecule is CCOC1C(=O)N(C(C(=O)NC2=C(Cl)C=CC3(C2)NC(=O)C3(CC)Oc2ccc(C)cc2C)C(=O)C(C)(C)C)C(=O)C1Cc1ccccc1. The Balaban J connectivity index is 1.46. The van der Waals surface area contributed by atoms with Crippen molar-refractivity contribution in [2.45, 2.75) is 91.0 Å². The minimum atomic E-state index is -1.79. The molecule has 2 aliphatic heterocycles. The van der Waals surface area contributed by atoms with E-state index in [4.69, 9.17) is 21.1 Å². The van der Waals surface area contributed by atoms with Crippen molar-refractivity contribution in [3.05, 3.63) is 88.1 Å². The number of halogens is 1. The lowest BCUT2D eigenvalue weighted by Crippen LogP contribution is -2.83. The van der Waals surface area contributed by atoms with Crippen LogP contribution in [0.4, 0.5) is 0 Å². The molecule has 2 heterocycles. The molecule has 2 saturated heterocycles. The van der Waals surface area contributed by atoms with Gasteiger partial charge in [-0.2, -0.15) is 0 Å². The molecule has 260 valence electrons. The number of hydrogen-bond donors (Lipinski definition) is 2. The molecule has 11 heteroatoms. The number of nitrogens with one attached hydrogen (secondary N) is 2. The lowest BCUT2D eigenvalue weighted by atomic mass is 9.65. The van der Waals surface area contributed by atoms with Gasteiger partial charge < -0.3 is 20.1 Å². The summed E-state index contributed by atoms with van der Waals surface area (Å²) in [6, 6.07) is 13.1. The predicted molar refractivity (Wildman–Crippen MR) is 184 cm³/mol. The van der Waals surface area contributed by atoms with E-state index in [2.05, 4.69) is 10.6 Å². The van der Waals surface area contributed by atoms with Gasteiger partial charge in [-0.1, -0.05) is 93.4 Å². The van der Waals surface area contributed by atoms with Gasteiger partial charge in [-0.3, -0.25) is 28.9 Å². The summed E-state index contributed by atoms with van der Waals surface area (Å²) in [5.74, 6) is -3.62. The van der Waals surface area contributed by atoms with Gasteiger partial charge in [0.05, 0.1) is 11.0 Å². The van der Waals surface area contributed by atoms with Gasteiger partial charge in [-0.15, -0.1) is 0 Å². The summed E-state index contributed by atoms with van der Waals surface area (Å²) in [6.45, 7) is 12.5. The van der Waals surface area contributed by atoms with Crippen molar-refractivity contribution in [3.63, 3.8) is 0 Å². The molecular formula is C38H44ClN3O7. The van der Waals surface area contributed by atoms with E-state index < -0.39 is 58.1 Å². The summed E-state index contributed by atoms with van der Waals surface area (Å²) in [5, 5.41) is 5.92. The second-order valence-corrected chi connectivity index (χ2v) is 14.4. The zero-order chi connectivity index (χ0) is 35.9. The van der Waals surface area contributed by atoms with E-state index in [0.717, 1.165) is 21.6 Å². The summed E-state index contributed by atoms with van der Waals surface area (Å²) in [7, 11) is 0. The van der Waals surface area contributed by atoms with E-state index in [-0.39, 0.29) is 36.1 Å². The van der Waals surface area contributed by atoms with Crippen LogP contribution in [0.25, 0.3) is 0 Å². The number of imide groups is 1. The Bertz CT molecular complexity index is 1750. The van der Waals surface area contributed by atoms with Gasteiger partial charge in [0.2, 0.25) is 11.5 Å². The smallest absolute Gasteiger partial charge is 0.267 e. The minimum Gasteiger partial charge on any atom is -0.474 e. The number of amides is 4. The molecule has 4 amide bonds. The maximum Gasteiger partial charge on any atom is 0.267 e. The quantitative estimate of drug-likeness (QED) is 0.196. The Kier molecular flexibility index (Phi) is 9.96. The van der Waals surface area contributed by atoms with Gasteiger partial charge in [0.1, 0.15) is 17.4 Å². The average Bonchev–Trinajstić information content (AvgIpc) is 3.26. The van der Waals surface area contributed by atoms with E-state index in [0.29, 0.717) is 12.2 Å². The molecule has 0 aromatic heterocycles. The van der Waals surface area contributed by atoms with Gasteiger partial charge in [-0.25, -0.2) is 0 Å². The van der Waals surface area contributed by atoms with Crippen molar-refractivity contribution in [1.29, 1.82) is 0 Å². The summed E-state index contributed by atoms with van der Waals surface area (Å²) >= 11 is 6.65. The fourth-order valence-electron chi connectivity index (χ4n) is 6.93. The minimum absolute atomic E-state index is 0.0229. The van der Waals surface area contributed by atoms with Gasteiger partial charge in [-0.05, 0) is 56.9 Å². The number of ketones is 1. The second kappa shape index (κ2) is 13.6. The Hall–Kier alpha value is -4.28. The number of Topliss-reactive ketones (excluding diaryl/α,β-unsaturated/α-hetero) is 1. The summed E-state index contributed by atoms with van der Waals surface area (Å²) < 4.78 is 12.3. The van der Waals surface area contributed by atoms with Gasteiger partial charge in [0.15, 0.2) is 11.8 Å². The molecular weight excluding hydrogens is 646 g/mol. The molecule has 1 spiro atoms. The lowest BCUT2D eigenvalue weighted by Gasteiger charge is -2.57. The van der Waals surface area contributed by atoms with Crippen molar-refractivity contribution < 1.29 is 33.4 Å². The fourth-order valence-corrected chi connectivity index (χ4v) is 7.10. The number of rotatable bonds is 11. The number of carbonyl (C=O) groups is 5. The first-order valence-electron chi connectivity index (χ1n) is 16.6. The lowest BCUT2D eigenvalue weighted by molar-refractivity contribution is -0.165. The highest BCUT2D eigenvalue weighted by molar-refractivity contribution is 6.32. The van der Waals surface area contributed by atoms with Crippen LogP contribution in [-0.4, -0.2) is 64.2 Å². The highest BCUT2D eigenvalue weighted by atomic mass is 35.5. The molecule has 2 N–H and O–H groups in total. The number of hydrogen-bond acceptors (Lipinski definition) is 7. The van der Waals surface area contributed by atoms with Crippen LogP contribution in [0.2, 0.25) is 0 Å². The summed E-state index contributed by atoms with van der Waals surface area (Å²) in [6.07, 6.45) is 2.68. The first-order valence-corrected chi connectivity index (χ1v) is 17.0. The molecule has 5 atom stereocenters. The zero-order valence-corrected chi connectivity index (χ0v) is 29.8. The number of aryl methyl sites for hydroxylation is 2. The topological polar surface area (TPSA) is 131 Å². The Morgan fingerprint density at radius 1 is 1.06 bits per heavy atom. The third-order valence-electron chi connectivity index (χ3n) is 9.61. The highest BCUT2D eigenvalue weighted by Gasteiger charge is 2.67. The molecule has 49 heavy (non-hydrogen) atoms. The Labute approximate surface area is 292 Å². The maximum absolute atomic E-state index is 14.3. The number of nitrogens with zero attached hydrogens (tertiary/aromatic N) is 1. The average molecular weight is 690 g/mol. The van der Waals surface area contributed by atoms with Crippen LogP contribution in [0.3, 0.4) is 0 Å². The number of allylic oxidation sites excluding steroid dienone is 2. The molecule has 0 bridgehead atoms. The van der Waals surface area contributed by atoms with Crippen molar-refractivity contribution in [3.8, 4) is 5.75 Å². The molecule has 1 aliphatic carbocycles. The molecule has 2 fully saturated rings. The van der Waals surface area contributed by atoms with Crippen LogP contribution in [-0.2, 0) is 35.1 Å². The van der Waals surface area contributed by atoms with Crippen molar-refractivity contribution in [2.75, 3.05) is 6.61 Å².